The number of aromatic nitrogens is 2. The molecule has 1 aliphatic heterocycles. The Morgan fingerprint density at radius 1 is 1.16 bits per heavy atom. The maximum absolute atomic E-state index is 12.3. The lowest BCUT2D eigenvalue weighted by molar-refractivity contribution is 0.0950. The van der Waals surface area contributed by atoms with Crippen molar-refractivity contribution >= 4 is 17.4 Å². The Balaban J connectivity index is 1.65. The second-order valence-corrected chi connectivity index (χ2v) is 6.60. The lowest BCUT2D eigenvalue weighted by Crippen LogP contribution is -2.25. The zero-order chi connectivity index (χ0) is 17.8. The van der Waals surface area contributed by atoms with Gasteiger partial charge < -0.3 is 15.1 Å². The van der Waals surface area contributed by atoms with Crippen LogP contribution in [0.4, 0.5) is 11.5 Å². The molecule has 0 aliphatic carbocycles. The molecule has 0 bridgehead atoms. The van der Waals surface area contributed by atoms with Gasteiger partial charge in [0.05, 0.1) is 6.54 Å². The number of carbonyl (C=O) groups is 1. The van der Waals surface area contributed by atoms with Crippen LogP contribution >= 0.6 is 0 Å². The Morgan fingerprint density at radius 2 is 1.84 bits per heavy atom. The quantitative estimate of drug-likeness (QED) is 0.906. The summed E-state index contributed by atoms with van der Waals surface area (Å²) in [5.74, 6) is 1.50. The molecule has 0 radical (unpaired) electrons. The van der Waals surface area contributed by atoms with Crippen LogP contribution in [0.5, 0.6) is 0 Å². The van der Waals surface area contributed by atoms with Crippen LogP contribution in [-0.2, 0) is 6.54 Å². The van der Waals surface area contributed by atoms with Gasteiger partial charge in [-0.2, -0.15) is 0 Å². The molecule has 1 fully saturated rings. The Hall–Kier alpha value is -2.63. The summed E-state index contributed by atoms with van der Waals surface area (Å²) >= 11 is 0. The fraction of sp³-hybridized carbons (Fsp3) is 0.421. The third kappa shape index (κ3) is 4.26. The van der Waals surface area contributed by atoms with E-state index in [0.717, 1.165) is 30.3 Å². The zero-order valence-corrected chi connectivity index (χ0v) is 15.1. The number of nitrogens with zero attached hydrogens (tertiary/aromatic N) is 4. The predicted octanol–water partition coefficient (Wildman–Crippen LogP) is 2.38. The second-order valence-electron chi connectivity index (χ2n) is 6.60. The maximum atomic E-state index is 12.3. The van der Waals surface area contributed by atoms with E-state index in [9.17, 15) is 4.79 Å². The number of hydrogen-bond acceptors (Lipinski definition) is 5. The highest BCUT2D eigenvalue weighted by Crippen LogP contribution is 2.18. The minimum Gasteiger partial charge on any atom is -0.378 e. The van der Waals surface area contributed by atoms with E-state index in [4.69, 9.17) is 0 Å². The average molecular weight is 339 g/mol. The third-order valence-electron chi connectivity index (χ3n) is 4.37. The van der Waals surface area contributed by atoms with Crippen molar-refractivity contribution in [1.82, 2.24) is 15.3 Å². The molecule has 25 heavy (non-hydrogen) atoms. The van der Waals surface area contributed by atoms with E-state index in [0.29, 0.717) is 17.9 Å². The molecule has 1 amide bonds. The van der Waals surface area contributed by atoms with Gasteiger partial charge in [0.1, 0.15) is 11.6 Å². The Kier molecular flexibility index (Phi) is 5.16. The van der Waals surface area contributed by atoms with Gasteiger partial charge >= 0.3 is 0 Å². The Labute approximate surface area is 148 Å². The van der Waals surface area contributed by atoms with E-state index >= 15 is 0 Å². The molecule has 3 rings (SSSR count). The standard InChI is InChI=1S/C19H25N5O/c1-14-12-18(24-10-4-5-11-24)22-17(21-14)13-20-19(25)15-6-8-16(9-7-15)23(2)3/h6-9,12H,4-5,10-11,13H2,1-3H3,(H,20,25). The van der Waals surface area contributed by atoms with Crippen LogP contribution in [0.3, 0.4) is 0 Å². The summed E-state index contributed by atoms with van der Waals surface area (Å²) < 4.78 is 0. The number of carbonyl (C=O) groups excluding carboxylic acids is 1. The van der Waals surface area contributed by atoms with Gasteiger partial charge in [-0.1, -0.05) is 0 Å². The van der Waals surface area contributed by atoms with E-state index in [1.807, 2.05) is 56.3 Å². The maximum Gasteiger partial charge on any atom is 0.251 e. The summed E-state index contributed by atoms with van der Waals surface area (Å²) in [6.07, 6.45) is 2.41. The number of benzene rings is 1. The summed E-state index contributed by atoms with van der Waals surface area (Å²) in [5.41, 5.74) is 2.63. The summed E-state index contributed by atoms with van der Waals surface area (Å²) in [6, 6.07) is 9.54. The normalized spacial score (nSPS) is 13.8. The molecular formula is C19H25N5O. The molecule has 0 atom stereocenters. The average Bonchev–Trinajstić information content (AvgIpc) is 3.14. The lowest BCUT2D eigenvalue weighted by atomic mass is 10.2. The lowest BCUT2D eigenvalue weighted by Gasteiger charge is -2.17. The summed E-state index contributed by atoms with van der Waals surface area (Å²) in [5, 5.41) is 2.91. The van der Waals surface area contributed by atoms with Gasteiger partial charge in [0.25, 0.3) is 5.91 Å². The number of hydrogen-bond donors (Lipinski definition) is 1. The number of nitrogens with one attached hydrogen (secondary N) is 1. The number of aryl methyl sites for hydroxylation is 1. The van der Waals surface area contributed by atoms with Crippen LogP contribution in [0, 0.1) is 6.92 Å². The van der Waals surface area contributed by atoms with Crippen LogP contribution in [0.15, 0.2) is 30.3 Å². The molecule has 1 N–H and O–H groups in total. The van der Waals surface area contributed by atoms with Crippen molar-refractivity contribution in [2.75, 3.05) is 37.0 Å². The van der Waals surface area contributed by atoms with Crippen molar-refractivity contribution in [3.63, 3.8) is 0 Å². The first-order valence-electron chi connectivity index (χ1n) is 8.68. The molecule has 6 nitrogen and oxygen atoms in total. The van der Waals surface area contributed by atoms with Crippen LogP contribution in [0.1, 0.15) is 34.7 Å². The van der Waals surface area contributed by atoms with Gasteiger partial charge in [0.15, 0.2) is 0 Å². The number of anilines is 2. The van der Waals surface area contributed by atoms with Crippen LogP contribution in [0.25, 0.3) is 0 Å². The van der Waals surface area contributed by atoms with Gasteiger partial charge in [-0.05, 0) is 44.0 Å². The Morgan fingerprint density at radius 3 is 2.48 bits per heavy atom. The molecule has 0 saturated carbocycles. The molecular weight excluding hydrogens is 314 g/mol. The molecule has 0 unspecified atom stereocenters. The van der Waals surface area contributed by atoms with E-state index in [1.54, 1.807) is 0 Å². The highest BCUT2D eigenvalue weighted by atomic mass is 16.1. The number of amides is 1. The van der Waals surface area contributed by atoms with Crippen LogP contribution < -0.4 is 15.1 Å². The third-order valence-corrected chi connectivity index (χ3v) is 4.37. The topological polar surface area (TPSA) is 61.4 Å². The van der Waals surface area contributed by atoms with E-state index in [-0.39, 0.29) is 5.91 Å². The van der Waals surface area contributed by atoms with Crippen molar-refractivity contribution in [1.29, 1.82) is 0 Å². The smallest absolute Gasteiger partial charge is 0.251 e. The monoisotopic (exact) mass is 339 g/mol. The van der Waals surface area contributed by atoms with Gasteiger partial charge in [-0.3, -0.25) is 4.79 Å². The first-order chi connectivity index (χ1) is 12.0. The summed E-state index contributed by atoms with van der Waals surface area (Å²) in [6.45, 7) is 4.38. The fourth-order valence-corrected chi connectivity index (χ4v) is 2.97. The molecule has 132 valence electrons. The molecule has 0 spiro atoms. The van der Waals surface area contributed by atoms with E-state index < -0.39 is 0 Å². The summed E-state index contributed by atoms with van der Waals surface area (Å²) in [7, 11) is 3.95. The molecule has 1 aromatic carbocycles. The van der Waals surface area contributed by atoms with Crippen molar-refractivity contribution in [3.8, 4) is 0 Å². The predicted molar refractivity (Wildman–Crippen MR) is 100 cm³/mol. The number of rotatable bonds is 5. The minimum absolute atomic E-state index is 0.113. The molecule has 1 saturated heterocycles. The largest absolute Gasteiger partial charge is 0.378 e. The first kappa shape index (κ1) is 17.2. The van der Waals surface area contributed by atoms with Crippen molar-refractivity contribution in [2.45, 2.75) is 26.3 Å². The molecule has 2 aromatic rings. The molecule has 6 heteroatoms. The second kappa shape index (κ2) is 7.51. The van der Waals surface area contributed by atoms with Gasteiger partial charge in [0, 0.05) is 50.2 Å². The molecule has 1 aromatic heterocycles. The van der Waals surface area contributed by atoms with Gasteiger partial charge in [-0.15, -0.1) is 0 Å². The van der Waals surface area contributed by atoms with E-state index in [1.165, 1.54) is 12.8 Å². The van der Waals surface area contributed by atoms with Crippen LogP contribution in [0.2, 0.25) is 0 Å². The minimum atomic E-state index is -0.113. The first-order valence-corrected chi connectivity index (χ1v) is 8.68. The van der Waals surface area contributed by atoms with Gasteiger partial charge in [0.2, 0.25) is 0 Å². The van der Waals surface area contributed by atoms with Gasteiger partial charge in [-0.25, -0.2) is 9.97 Å². The Bertz CT molecular complexity index is 736. The van der Waals surface area contributed by atoms with Crippen molar-refractivity contribution in [3.05, 3.63) is 47.4 Å². The van der Waals surface area contributed by atoms with Crippen molar-refractivity contribution in [2.24, 2.45) is 0 Å². The van der Waals surface area contributed by atoms with Crippen molar-refractivity contribution < 1.29 is 4.79 Å². The SMILES string of the molecule is Cc1cc(N2CCCC2)nc(CNC(=O)c2ccc(N(C)C)cc2)n1. The zero-order valence-electron chi connectivity index (χ0n) is 15.1. The molecule has 1 aliphatic rings. The van der Waals surface area contributed by atoms with E-state index in [2.05, 4.69) is 20.2 Å². The van der Waals surface area contributed by atoms with Crippen LogP contribution in [-0.4, -0.2) is 43.1 Å². The fourth-order valence-electron chi connectivity index (χ4n) is 2.97. The highest BCUT2D eigenvalue weighted by molar-refractivity contribution is 5.94. The molecule has 2 heterocycles. The highest BCUT2D eigenvalue weighted by Gasteiger charge is 2.15. The summed E-state index contributed by atoms with van der Waals surface area (Å²) in [4.78, 5) is 25.7.